The molecule has 2 amide bonds. The largest absolute Gasteiger partial charge is 0.375 e. The highest BCUT2D eigenvalue weighted by molar-refractivity contribution is 7.79. The van der Waals surface area contributed by atoms with Crippen molar-refractivity contribution < 1.29 is 22.8 Å². The smallest absolute Gasteiger partial charge is 0.261 e. The van der Waals surface area contributed by atoms with Crippen molar-refractivity contribution in [2.24, 2.45) is 0 Å². The summed E-state index contributed by atoms with van der Waals surface area (Å²) in [5.41, 5.74) is 2.80. The lowest BCUT2D eigenvalue weighted by Gasteiger charge is -2.22. The third kappa shape index (κ3) is 6.04. The second kappa shape index (κ2) is 12.0. The maximum atomic E-state index is 14.5. The minimum absolute atomic E-state index is 0.0380. The molecular formula is C30H26F3N5O2S. The van der Waals surface area contributed by atoms with Crippen LogP contribution in [0.5, 0.6) is 0 Å². The first-order valence-corrected chi connectivity index (χ1v) is 13.5. The number of carbonyl (C=O) groups is 2. The molecule has 0 radical (unpaired) electrons. The predicted octanol–water partition coefficient (Wildman–Crippen LogP) is 6.25. The van der Waals surface area contributed by atoms with Gasteiger partial charge in [-0.2, -0.15) is 12.6 Å². The van der Waals surface area contributed by atoms with E-state index in [1.807, 2.05) is 30.1 Å². The summed E-state index contributed by atoms with van der Waals surface area (Å²) in [6, 6.07) is 15.3. The van der Waals surface area contributed by atoms with E-state index in [0.717, 1.165) is 36.0 Å². The average molecular weight is 578 g/mol. The fourth-order valence-corrected chi connectivity index (χ4v) is 4.86. The molecule has 11 heteroatoms. The van der Waals surface area contributed by atoms with Gasteiger partial charge in [0.15, 0.2) is 5.82 Å². The van der Waals surface area contributed by atoms with E-state index in [0.29, 0.717) is 48.1 Å². The number of nitrogens with zero attached hydrogens (tertiary/aromatic N) is 4. The summed E-state index contributed by atoms with van der Waals surface area (Å²) in [6.45, 7) is 0.988. The molecule has 1 N–H and O–H groups in total. The van der Waals surface area contributed by atoms with Gasteiger partial charge in [-0.05, 0) is 60.9 Å². The van der Waals surface area contributed by atoms with E-state index in [-0.39, 0.29) is 29.0 Å². The Labute approximate surface area is 240 Å². The number of anilines is 3. The van der Waals surface area contributed by atoms with Gasteiger partial charge in [0.05, 0.1) is 17.3 Å². The van der Waals surface area contributed by atoms with Gasteiger partial charge in [-0.15, -0.1) is 0 Å². The number of halogens is 3. The number of rotatable bonds is 10. The SMILES string of the molecule is CN(CCCCN1C(=O)c2ccccc2C1=O)c1cc(CS)cc(Nc2ncc(F)c(-c3ccc(F)cc3F)n2)c1. The van der Waals surface area contributed by atoms with Crippen LogP contribution in [0.3, 0.4) is 0 Å². The van der Waals surface area contributed by atoms with Crippen LogP contribution in [0.2, 0.25) is 0 Å². The highest BCUT2D eigenvalue weighted by atomic mass is 32.1. The first kappa shape index (κ1) is 28.2. The minimum Gasteiger partial charge on any atom is -0.375 e. The molecule has 0 spiro atoms. The number of imide groups is 1. The zero-order valence-electron chi connectivity index (χ0n) is 22.1. The lowest BCUT2D eigenvalue weighted by molar-refractivity contribution is 0.0652. The number of aromatic nitrogens is 2. The highest BCUT2D eigenvalue weighted by Crippen LogP contribution is 2.28. The Morgan fingerprint density at radius 1 is 0.902 bits per heavy atom. The maximum Gasteiger partial charge on any atom is 0.261 e. The number of fused-ring (bicyclic) bond motifs is 1. The number of hydrogen-bond donors (Lipinski definition) is 2. The second-order valence-electron chi connectivity index (χ2n) is 9.62. The molecule has 0 aliphatic carbocycles. The summed E-state index contributed by atoms with van der Waals surface area (Å²) >= 11 is 4.40. The third-order valence-electron chi connectivity index (χ3n) is 6.79. The number of amides is 2. The van der Waals surface area contributed by atoms with Crippen molar-refractivity contribution in [2.75, 3.05) is 30.4 Å². The maximum absolute atomic E-state index is 14.5. The Balaban J connectivity index is 1.25. The molecule has 210 valence electrons. The van der Waals surface area contributed by atoms with Crippen molar-refractivity contribution in [1.29, 1.82) is 0 Å². The summed E-state index contributed by atoms with van der Waals surface area (Å²) in [5, 5.41) is 3.04. The normalized spacial score (nSPS) is 12.6. The fourth-order valence-electron chi connectivity index (χ4n) is 4.67. The van der Waals surface area contributed by atoms with Crippen LogP contribution in [0.15, 0.2) is 66.9 Å². The molecule has 4 aromatic rings. The van der Waals surface area contributed by atoms with Crippen molar-refractivity contribution in [1.82, 2.24) is 14.9 Å². The Bertz CT molecular complexity index is 1600. The lowest BCUT2D eigenvalue weighted by Crippen LogP contribution is -2.31. The molecule has 7 nitrogen and oxygen atoms in total. The van der Waals surface area contributed by atoms with Gasteiger partial charge in [0, 0.05) is 48.9 Å². The Morgan fingerprint density at radius 2 is 1.63 bits per heavy atom. The second-order valence-corrected chi connectivity index (χ2v) is 9.94. The Hall–Kier alpha value is -4.38. The zero-order valence-corrected chi connectivity index (χ0v) is 23.0. The van der Waals surface area contributed by atoms with Gasteiger partial charge in [0.25, 0.3) is 11.8 Å². The first-order valence-electron chi connectivity index (χ1n) is 12.9. The number of carbonyl (C=O) groups excluding carboxylic acids is 2. The topological polar surface area (TPSA) is 78.4 Å². The van der Waals surface area contributed by atoms with Gasteiger partial charge >= 0.3 is 0 Å². The number of benzene rings is 3. The minimum atomic E-state index is -0.933. The third-order valence-corrected chi connectivity index (χ3v) is 7.16. The van der Waals surface area contributed by atoms with E-state index in [1.54, 1.807) is 24.3 Å². The van der Waals surface area contributed by atoms with Crippen molar-refractivity contribution in [3.05, 3.63) is 101 Å². The van der Waals surface area contributed by atoms with Crippen LogP contribution in [-0.2, 0) is 5.75 Å². The summed E-state index contributed by atoms with van der Waals surface area (Å²) in [6.07, 6.45) is 2.29. The van der Waals surface area contributed by atoms with E-state index >= 15 is 0 Å². The first-order chi connectivity index (χ1) is 19.7. The quantitative estimate of drug-likeness (QED) is 0.132. The monoisotopic (exact) mass is 577 g/mol. The summed E-state index contributed by atoms with van der Waals surface area (Å²) in [7, 11) is 1.92. The van der Waals surface area contributed by atoms with Crippen LogP contribution in [0.4, 0.5) is 30.5 Å². The van der Waals surface area contributed by atoms with Gasteiger partial charge in [0.1, 0.15) is 17.3 Å². The summed E-state index contributed by atoms with van der Waals surface area (Å²) in [4.78, 5) is 36.6. The molecule has 5 rings (SSSR count). The van der Waals surface area contributed by atoms with Gasteiger partial charge < -0.3 is 10.2 Å². The molecule has 1 aromatic heterocycles. The van der Waals surface area contributed by atoms with Crippen molar-refractivity contribution in [2.45, 2.75) is 18.6 Å². The molecule has 0 saturated carbocycles. The number of hydrogen-bond acceptors (Lipinski definition) is 7. The van der Waals surface area contributed by atoms with E-state index in [9.17, 15) is 22.8 Å². The number of thiol groups is 1. The van der Waals surface area contributed by atoms with Gasteiger partial charge in [0.2, 0.25) is 5.95 Å². The average Bonchev–Trinajstić information content (AvgIpc) is 3.21. The lowest BCUT2D eigenvalue weighted by atomic mass is 10.1. The van der Waals surface area contributed by atoms with Crippen LogP contribution in [0, 0.1) is 17.5 Å². The van der Waals surface area contributed by atoms with E-state index in [4.69, 9.17) is 0 Å². The molecule has 2 heterocycles. The molecule has 0 bridgehead atoms. The fraction of sp³-hybridized carbons (Fsp3) is 0.200. The van der Waals surface area contributed by atoms with E-state index < -0.39 is 17.5 Å². The highest BCUT2D eigenvalue weighted by Gasteiger charge is 2.34. The molecule has 0 saturated heterocycles. The van der Waals surface area contributed by atoms with E-state index in [1.165, 1.54) is 4.90 Å². The van der Waals surface area contributed by atoms with Crippen LogP contribution in [0.25, 0.3) is 11.3 Å². The van der Waals surface area contributed by atoms with Crippen LogP contribution < -0.4 is 10.2 Å². The van der Waals surface area contributed by atoms with Crippen molar-refractivity contribution in [3.63, 3.8) is 0 Å². The summed E-state index contributed by atoms with van der Waals surface area (Å²) in [5.74, 6) is -2.58. The molecular weight excluding hydrogens is 551 g/mol. The Kier molecular flexibility index (Phi) is 8.25. The predicted molar refractivity (Wildman–Crippen MR) is 154 cm³/mol. The molecule has 0 atom stereocenters. The zero-order chi connectivity index (χ0) is 29.1. The Morgan fingerprint density at radius 3 is 2.32 bits per heavy atom. The van der Waals surface area contributed by atoms with Crippen LogP contribution in [-0.4, -0.2) is 46.8 Å². The molecule has 1 aliphatic heterocycles. The molecule has 0 unspecified atom stereocenters. The summed E-state index contributed by atoms with van der Waals surface area (Å²) < 4.78 is 42.1. The number of nitrogens with one attached hydrogen (secondary N) is 1. The molecule has 3 aromatic carbocycles. The molecule has 41 heavy (non-hydrogen) atoms. The van der Waals surface area contributed by atoms with Gasteiger partial charge in [-0.3, -0.25) is 14.5 Å². The van der Waals surface area contributed by atoms with Crippen LogP contribution >= 0.6 is 12.6 Å². The van der Waals surface area contributed by atoms with Gasteiger partial charge in [-0.25, -0.2) is 23.1 Å². The number of unbranched alkanes of at least 4 members (excludes halogenated alkanes) is 1. The van der Waals surface area contributed by atoms with Crippen LogP contribution in [0.1, 0.15) is 39.1 Å². The standard InChI is InChI=1S/C30H26F3N5O2S/c1-37(10-4-5-11-38-28(39)22-6-2-3-7-23(22)29(38)40)21-13-18(17-41)12-20(15-21)35-30-34-16-26(33)27(36-30)24-9-8-19(31)14-25(24)32/h2-3,6-9,12-16,41H,4-5,10-11,17H2,1H3,(H,34,35,36). The molecule has 1 aliphatic rings. The van der Waals surface area contributed by atoms with Crippen molar-refractivity contribution in [3.8, 4) is 11.3 Å². The molecule has 0 fully saturated rings. The van der Waals surface area contributed by atoms with Crippen molar-refractivity contribution >= 4 is 41.8 Å². The van der Waals surface area contributed by atoms with Gasteiger partial charge in [-0.1, -0.05) is 12.1 Å². The van der Waals surface area contributed by atoms with E-state index in [2.05, 4.69) is 27.9 Å².